The van der Waals surface area contributed by atoms with Crippen molar-refractivity contribution >= 4 is 32.4 Å². The molecule has 3 aromatic carbocycles. The Bertz CT molecular complexity index is 1160. The monoisotopic (exact) mass is 436 g/mol. The van der Waals surface area contributed by atoms with Gasteiger partial charge in [0.05, 0.1) is 10.6 Å². The minimum absolute atomic E-state index is 0.0626. The standard InChI is InChI=1S/C25H28N2O3S/c1-2-27(24-11-7-9-21-8-3-4-10-23(21)24)25(28)17-14-20-12-15-22(16-13-20)31(29,30)26-18-5-6-19-26/h3-4,7-13,15-16H,2,5-6,14,17-19H2,1H3. The van der Waals surface area contributed by atoms with Crippen LogP contribution in [0, 0.1) is 0 Å². The zero-order valence-electron chi connectivity index (χ0n) is 17.8. The number of rotatable bonds is 7. The summed E-state index contributed by atoms with van der Waals surface area (Å²) in [6.07, 6.45) is 2.79. The first-order chi connectivity index (χ1) is 15.0. The zero-order valence-corrected chi connectivity index (χ0v) is 18.6. The molecule has 0 aromatic heterocycles. The molecule has 4 rings (SSSR count). The molecule has 0 atom stereocenters. The van der Waals surface area contributed by atoms with Crippen LogP contribution in [-0.4, -0.2) is 38.3 Å². The number of hydrogen-bond acceptors (Lipinski definition) is 3. The molecule has 1 aliphatic rings. The van der Waals surface area contributed by atoms with Gasteiger partial charge in [0.1, 0.15) is 0 Å². The molecule has 0 unspecified atom stereocenters. The molecule has 1 fully saturated rings. The van der Waals surface area contributed by atoms with Crippen molar-refractivity contribution in [3.8, 4) is 0 Å². The van der Waals surface area contributed by atoms with Gasteiger partial charge in [-0.3, -0.25) is 4.79 Å². The number of fused-ring (bicyclic) bond motifs is 1. The molecule has 1 aliphatic heterocycles. The maximum absolute atomic E-state index is 13.0. The number of amides is 1. The lowest BCUT2D eigenvalue weighted by Gasteiger charge is -2.23. The maximum Gasteiger partial charge on any atom is 0.243 e. The van der Waals surface area contributed by atoms with Crippen LogP contribution >= 0.6 is 0 Å². The third kappa shape index (κ3) is 4.50. The summed E-state index contributed by atoms with van der Waals surface area (Å²) in [5, 5.41) is 2.18. The molecular weight excluding hydrogens is 408 g/mol. The second-order valence-corrected chi connectivity index (χ2v) is 9.83. The molecule has 0 radical (unpaired) electrons. The fourth-order valence-corrected chi connectivity index (χ4v) is 5.73. The predicted molar refractivity (Wildman–Crippen MR) is 125 cm³/mol. The van der Waals surface area contributed by atoms with Crippen molar-refractivity contribution in [2.75, 3.05) is 24.5 Å². The summed E-state index contributed by atoms with van der Waals surface area (Å²) in [6, 6.07) is 21.1. The van der Waals surface area contributed by atoms with Crippen LogP contribution in [0.25, 0.3) is 10.8 Å². The van der Waals surface area contributed by atoms with E-state index in [-0.39, 0.29) is 5.91 Å². The Morgan fingerprint density at radius 1 is 0.935 bits per heavy atom. The molecule has 0 bridgehead atoms. The highest BCUT2D eigenvalue weighted by molar-refractivity contribution is 7.89. The SMILES string of the molecule is CCN(C(=O)CCc1ccc(S(=O)(=O)N2CCCC2)cc1)c1cccc2ccccc12. The number of anilines is 1. The van der Waals surface area contributed by atoms with Crippen molar-refractivity contribution < 1.29 is 13.2 Å². The van der Waals surface area contributed by atoms with Gasteiger partial charge in [0.2, 0.25) is 15.9 Å². The van der Waals surface area contributed by atoms with E-state index in [1.165, 1.54) is 0 Å². The largest absolute Gasteiger partial charge is 0.312 e. The van der Waals surface area contributed by atoms with E-state index in [1.807, 2.05) is 54.3 Å². The summed E-state index contributed by atoms with van der Waals surface area (Å²) in [7, 11) is -3.40. The van der Waals surface area contributed by atoms with Gasteiger partial charge in [-0.15, -0.1) is 0 Å². The van der Waals surface area contributed by atoms with Crippen LogP contribution in [0.2, 0.25) is 0 Å². The number of carbonyl (C=O) groups excluding carboxylic acids is 1. The van der Waals surface area contributed by atoms with Crippen LogP contribution in [0.5, 0.6) is 0 Å². The summed E-state index contributed by atoms with van der Waals surface area (Å²) in [6.45, 7) is 3.77. The van der Waals surface area contributed by atoms with Gasteiger partial charge in [0.15, 0.2) is 0 Å². The van der Waals surface area contributed by atoms with Gasteiger partial charge >= 0.3 is 0 Å². The van der Waals surface area contributed by atoms with E-state index < -0.39 is 10.0 Å². The predicted octanol–water partition coefficient (Wildman–Crippen LogP) is 4.61. The molecule has 1 amide bonds. The smallest absolute Gasteiger partial charge is 0.243 e. The van der Waals surface area contributed by atoms with E-state index in [0.717, 1.165) is 34.9 Å². The van der Waals surface area contributed by atoms with Crippen molar-refractivity contribution in [1.82, 2.24) is 4.31 Å². The molecule has 0 spiro atoms. The minimum Gasteiger partial charge on any atom is -0.312 e. The van der Waals surface area contributed by atoms with Crippen LogP contribution in [0.15, 0.2) is 71.6 Å². The molecular formula is C25H28N2O3S. The molecule has 3 aromatic rings. The van der Waals surface area contributed by atoms with E-state index in [4.69, 9.17) is 0 Å². The Labute approximate surface area is 184 Å². The fraction of sp³-hybridized carbons (Fsp3) is 0.320. The lowest BCUT2D eigenvalue weighted by molar-refractivity contribution is -0.118. The van der Waals surface area contributed by atoms with E-state index in [0.29, 0.717) is 37.4 Å². The normalized spacial score (nSPS) is 14.7. The van der Waals surface area contributed by atoms with Gasteiger partial charge in [-0.2, -0.15) is 4.31 Å². The van der Waals surface area contributed by atoms with Crippen LogP contribution in [0.1, 0.15) is 31.7 Å². The number of carbonyl (C=O) groups is 1. The third-order valence-corrected chi connectivity index (χ3v) is 7.84. The summed E-state index contributed by atoms with van der Waals surface area (Å²) in [5.41, 5.74) is 1.89. The molecule has 31 heavy (non-hydrogen) atoms. The summed E-state index contributed by atoms with van der Waals surface area (Å²) >= 11 is 0. The highest BCUT2D eigenvalue weighted by Gasteiger charge is 2.27. The molecule has 162 valence electrons. The van der Waals surface area contributed by atoms with Crippen LogP contribution in [0.3, 0.4) is 0 Å². The van der Waals surface area contributed by atoms with Crippen molar-refractivity contribution in [2.24, 2.45) is 0 Å². The number of nitrogens with zero attached hydrogens (tertiary/aromatic N) is 2. The zero-order chi connectivity index (χ0) is 21.8. The van der Waals surface area contributed by atoms with Gasteiger partial charge in [0, 0.05) is 31.4 Å². The molecule has 6 heteroatoms. The third-order valence-electron chi connectivity index (χ3n) is 5.93. The Hall–Kier alpha value is -2.70. The summed E-state index contributed by atoms with van der Waals surface area (Å²) in [5.74, 6) is 0.0626. The van der Waals surface area contributed by atoms with E-state index in [2.05, 4.69) is 12.1 Å². The second-order valence-electron chi connectivity index (χ2n) is 7.89. The summed E-state index contributed by atoms with van der Waals surface area (Å²) in [4.78, 5) is 15.2. The van der Waals surface area contributed by atoms with Crippen LogP contribution in [0.4, 0.5) is 5.69 Å². The molecule has 1 heterocycles. The van der Waals surface area contributed by atoms with Crippen molar-refractivity contribution in [1.29, 1.82) is 0 Å². The Kier molecular flexibility index (Phi) is 6.39. The Balaban J connectivity index is 1.45. The van der Waals surface area contributed by atoms with Gasteiger partial charge in [-0.1, -0.05) is 48.5 Å². The van der Waals surface area contributed by atoms with Gasteiger partial charge in [0.25, 0.3) is 0 Å². The van der Waals surface area contributed by atoms with Crippen LogP contribution in [-0.2, 0) is 21.2 Å². The van der Waals surface area contributed by atoms with E-state index >= 15 is 0 Å². The Morgan fingerprint density at radius 3 is 2.32 bits per heavy atom. The van der Waals surface area contributed by atoms with Crippen LogP contribution < -0.4 is 4.90 Å². The minimum atomic E-state index is -3.40. The lowest BCUT2D eigenvalue weighted by atomic mass is 10.1. The number of sulfonamides is 1. The molecule has 0 N–H and O–H groups in total. The highest BCUT2D eigenvalue weighted by Crippen LogP contribution is 2.27. The molecule has 0 saturated carbocycles. The number of benzene rings is 3. The maximum atomic E-state index is 13.0. The van der Waals surface area contributed by atoms with E-state index in [9.17, 15) is 13.2 Å². The number of hydrogen-bond donors (Lipinski definition) is 0. The Morgan fingerprint density at radius 2 is 1.61 bits per heavy atom. The van der Waals surface area contributed by atoms with Gasteiger partial charge < -0.3 is 4.90 Å². The van der Waals surface area contributed by atoms with Crippen molar-refractivity contribution in [3.63, 3.8) is 0 Å². The quantitative estimate of drug-likeness (QED) is 0.543. The first kappa shape index (κ1) is 21.5. The van der Waals surface area contributed by atoms with Crippen molar-refractivity contribution in [2.45, 2.75) is 37.5 Å². The summed E-state index contributed by atoms with van der Waals surface area (Å²) < 4.78 is 26.9. The molecule has 5 nitrogen and oxygen atoms in total. The fourth-order valence-electron chi connectivity index (χ4n) is 4.22. The number of aryl methyl sites for hydroxylation is 1. The molecule has 0 aliphatic carbocycles. The van der Waals surface area contributed by atoms with Gasteiger partial charge in [-0.05, 0) is 55.3 Å². The lowest BCUT2D eigenvalue weighted by Crippen LogP contribution is -2.31. The molecule has 1 saturated heterocycles. The average Bonchev–Trinajstić information content (AvgIpc) is 3.35. The average molecular weight is 437 g/mol. The highest BCUT2D eigenvalue weighted by atomic mass is 32.2. The second kappa shape index (κ2) is 9.20. The first-order valence-corrected chi connectivity index (χ1v) is 12.3. The topological polar surface area (TPSA) is 57.7 Å². The first-order valence-electron chi connectivity index (χ1n) is 10.9. The van der Waals surface area contributed by atoms with Crippen molar-refractivity contribution in [3.05, 3.63) is 72.3 Å². The van der Waals surface area contributed by atoms with Gasteiger partial charge in [-0.25, -0.2) is 8.42 Å². The van der Waals surface area contributed by atoms with E-state index in [1.54, 1.807) is 16.4 Å².